The minimum atomic E-state index is -0.592. The van der Waals surface area contributed by atoms with Gasteiger partial charge >= 0.3 is 5.97 Å². The number of aromatic hydroxyl groups is 1. The summed E-state index contributed by atoms with van der Waals surface area (Å²) in [5.74, 6) is 0.192. The van der Waals surface area contributed by atoms with Crippen LogP contribution in [-0.2, 0) is 21.3 Å². The number of aromatic nitrogens is 5. The summed E-state index contributed by atoms with van der Waals surface area (Å²) in [6.45, 7) is 14.3. The van der Waals surface area contributed by atoms with Crippen LogP contribution in [0.1, 0.15) is 75.8 Å². The molecule has 0 fully saturated rings. The Morgan fingerprint density at radius 3 is 2.24 bits per heavy atom. The van der Waals surface area contributed by atoms with E-state index in [0.29, 0.717) is 17.2 Å². The first kappa shape index (κ1) is 24.6. The number of thioether (sulfide) groups is 1. The normalized spacial score (nSPS) is 12.2. The largest absolute Gasteiger partial charge is 0.507 e. The van der Waals surface area contributed by atoms with Crippen molar-refractivity contribution >= 4 is 23.5 Å². The van der Waals surface area contributed by atoms with E-state index in [1.54, 1.807) is 6.92 Å². The van der Waals surface area contributed by atoms with Crippen molar-refractivity contribution in [1.82, 2.24) is 25.3 Å². The maximum absolute atomic E-state index is 12.5. The molecule has 3 N–H and O–H groups in total. The molecule has 0 radical (unpaired) electrons. The second-order valence-electron chi connectivity index (χ2n) is 9.65. The van der Waals surface area contributed by atoms with Crippen LogP contribution in [0.3, 0.4) is 0 Å². The van der Waals surface area contributed by atoms with Crippen molar-refractivity contribution in [3.05, 3.63) is 34.6 Å². The highest BCUT2D eigenvalue weighted by molar-refractivity contribution is 7.98. The molecule has 11 heteroatoms. The molecule has 3 aromatic rings. The van der Waals surface area contributed by atoms with Crippen LogP contribution in [0.2, 0.25) is 0 Å². The molecule has 0 aliphatic carbocycles. The van der Waals surface area contributed by atoms with Crippen molar-refractivity contribution in [2.45, 2.75) is 69.9 Å². The molecule has 33 heavy (non-hydrogen) atoms. The molecule has 178 valence electrons. The van der Waals surface area contributed by atoms with Gasteiger partial charge in [0.05, 0.1) is 12.3 Å². The molecular weight excluding hydrogens is 444 g/mol. The second-order valence-corrected chi connectivity index (χ2v) is 10.7. The third-order valence-corrected chi connectivity index (χ3v) is 5.99. The first-order valence-electron chi connectivity index (χ1n) is 10.6. The lowest BCUT2D eigenvalue weighted by molar-refractivity contribution is 0.0518. The molecule has 2 heterocycles. The van der Waals surface area contributed by atoms with Gasteiger partial charge in [-0.15, -0.1) is 16.9 Å². The minimum Gasteiger partial charge on any atom is -0.507 e. The fourth-order valence-electron chi connectivity index (χ4n) is 3.28. The topological polar surface area (TPSA) is 142 Å². The lowest BCUT2D eigenvalue weighted by Crippen LogP contribution is -2.17. The molecule has 0 saturated heterocycles. The number of carbonyl (C=O) groups excluding carboxylic acids is 1. The van der Waals surface area contributed by atoms with Gasteiger partial charge in [-0.25, -0.2) is 9.42 Å². The zero-order chi connectivity index (χ0) is 24.6. The number of nitrogen functional groups attached to an aromatic ring is 1. The van der Waals surface area contributed by atoms with Gasteiger partial charge in [-0.05, 0) is 40.2 Å². The summed E-state index contributed by atoms with van der Waals surface area (Å²) in [6.07, 6.45) is 0. The third kappa shape index (κ3) is 5.13. The van der Waals surface area contributed by atoms with E-state index in [2.05, 4.69) is 66.8 Å². The van der Waals surface area contributed by atoms with Gasteiger partial charge in [0.15, 0.2) is 5.69 Å². The molecule has 0 spiro atoms. The van der Waals surface area contributed by atoms with Crippen LogP contribution >= 0.6 is 11.8 Å². The Balaban J connectivity index is 2.05. The fourth-order valence-corrected chi connectivity index (χ4v) is 4.25. The molecule has 0 atom stereocenters. The van der Waals surface area contributed by atoms with Gasteiger partial charge in [0, 0.05) is 21.8 Å². The lowest BCUT2D eigenvalue weighted by Gasteiger charge is -2.28. The zero-order valence-electron chi connectivity index (χ0n) is 20.0. The number of hydrogen-bond acceptors (Lipinski definition) is 10. The quantitative estimate of drug-likeness (QED) is 0.397. The van der Waals surface area contributed by atoms with Crippen LogP contribution in [0.4, 0.5) is 5.82 Å². The summed E-state index contributed by atoms with van der Waals surface area (Å²) in [6, 6.07) is 3.94. The van der Waals surface area contributed by atoms with Crippen LogP contribution in [0.15, 0.2) is 21.7 Å². The number of anilines is 1. The highest BCUT2D eigenvalue weighted by atomic mass is 32.2. The summed E-state index contributed by atoms with van der Waals surface area (Å²) < 4.78 is 11.2. The first-order chi connectivity index (χ1) is 15.3. The Morgan fingerprint density at radius 2 is 1.76 bits per heavy atom. The molecule has 0 unspecified atom stereocenters. The summed E-state index contributed by atoms with van der Waals surface area (Å²) in [7, 11) is 0. The number of benzene rings is 1. The number of esters is 1. The number of rotatable bonds is 6. The SMILES string of the molecule is CCOC(=O)c1nnn(-c2nonc2N)c1CSc1cc(C(C)(C)C)c(O)c(C(C)(C)C)c1. The van der Waals surface area contributed by atoms with Gasteiger partial charge in [0.25, 0.3) is 0 Å². The fraction of sp³-hybridized carbons (Fsp3) is 0.500. The van der Waals surface area contributed by atoms with Crippen molar-refractivity contribution in [3.63, 3.8) is 0 Å². The van der Waals surface area contributed by atoms with E-state index in [-0.39, 0.29) is 34.8 Å². The van der Waals surface area contributed by atoms with Crippen molar-refractivity contribution in [3.8, 4) is 11.6 Å². The van der Waals surface area contributed by atoms with Crippen LogP contribution in [0, 0.1) is 0 Å². The average molecular weight is 475 g/mol. The van der Waals surface area contributed by atoms with E-state index in [1.807, 2.05) is 12.1 Å². The minimum absolute atomic E-state index is 0.0243. The van der Waals surface area contributed by atoms with Crippen LogP contribution < -0.4 is 5.73 Å². The third-order valence-electron chi connectivity index (χ3n) is 5.00. The van der Waals surface area contributed by atoms with Crippen LogP contribution in [-0.4, -0.2) is 43.0 Å². The van der Waals surface area contributed by atoms with E-state index < -0.39 is 5.97 Å². The number of phenols is 1. The van der Waals surface area contributed by atoms with Crippen LogP contribution in [0.5, 0.6) is 5.75 Å². The summed E-state index contributed by atoms with van der Waals surface area (Å²) >= 11 is 1.48. The number of ether oxygens (including phenoxy) is 1. The summed E-state index contributed by atoms with van der Waals surface area (Å²) in [5, 5.41) is 26.4. The van der Waals surface area contributed by atoms with E-state index in [4.69, 9.17) is 10.5 Å². The molecule has 0 saturated carbocycles. The average Bonchev–Trinajstić information content (AvgIpc) is 3.31. The highest BCUT2D eigenvalue weighted by Gasteiger charge is 2.28. The molecule has 0 aliphatic rings. The highest BCUT2D eigenvalue weighted by Crippen LogP contribution is 2.42. The molecule has 0 bridgehead atoms. The van der Waals surface area contributed by atoms with Gasteiger partial charge in [0.1, 0.15) is 5.75 Å². The van der Waals surface area contributed by atoms with E-state index >= 15 is 0 Å². The number of hydrogen-bond donors (Lipinski definition) is 2. The van der Waals surface area contributed by atoms with Crippen molar-refractivity contribution in [2.24, 2.45) is 0 Å². The van der Waals surface area contributed by atoms with Gasteiger partial charge in [-0.1, -0.05) is 46.8 Å². The smallest absolute Gasteiger partial charge is 0.360 e. The lowest BCUT2D eigenvalue weighted by atomic mass is 9.79. The van der Waals surface area contributed by atoms with E-state index in [9.17, 15) is 9.90 Å². The van der Waals surface area contributed by atoms with Crippen molar-refractivity contribution in [2.75, 3.05) is 12.3 Å². The number of carbonyl (C=O) groups is 1. The van der Waals surface area contributed by atoms with Crippen molar-refractivity contribution < 1.29 is 19.3 Å². The Bertz CT molecular complexity index is 1120. The molecule has 0 aliphatic heterocycles. The predicted molar refractivity (Wildman–Crippen MR) is 125 cm³/mol. The molecule has 0 amide bonds. The maximum Gasteiger partial charge on any atom is 0.360 e. The Labute approximate surface area is 196 Å². The van der Waals surface area contributed by atoms with E-state index in [1.165, 1.54) is 16.4 Å². The first-order valence-corrected chi connectivity index (χ1v) is 11.5. The Kier molecular flexibility index (Phi) is 6.73. The molecular formula is C22H30N6O4S. The predicted octanol–water partition coefficient (Wildman–Crippen LogP) is 4.00. The van der Waals surface area contributed by atoms with Gasteiger partial charge in [-0.3, -0.25) is 0 Å². The molecule has 1 aromatic carbocycles. The van der Waals surface area contributed by atoms with Crippen molar-refractivity contribution in [1.29, 1.82) is 0 Å². The zero-order valence-corrected chi connectivity index (χ0v) is 20.8. The van der Waals surface area contributed by atoms with Crippen LogP contribution in [0.25, 0.3) is 5.82 Å². The second kappa shape index (κ2) is 9.05. The van der Waals surface area contributed by atoms with E-state index in [0.717, 1.165) is 16.0 Å². The summed E-state index contributed by atoms with van der Waals surface area (Å²) in [5.41, 5.74) is 7.52. The molecule has 2 aromatic heterocycles. The Hall–Kier alpha value is -3.08. The number of nitrogens with two attached hydrogens (primary N) is 1. The standard InChI is InChI=1S/C22H30N6O4S/c1-8-31-20(30)16-15(28(27-24-16)19-18(23)25-32-26-19)11-33-12-9-13(21(2,3)4)17(29)14(10-12)22(5,6)7/h9-10,29H,8,11H2,1-7H3,(H2,23,25). The number of phenolic OH excluding ortho intramolecular Hbond substituents is 1. The van der Waals surface area contributed by atoms with Gasteiger partial charge < -0.3 is 15.6 Å². The monoisotopic (exact) mass is 474 g/mol. The Morgan fingerprint density at radius 1 is 1.15 bits per heavy atom. The number of nitrogens with zero attached hydrogens (tertiary/aromatic N) is 5. The molecule has 10 nitrogen and oxygen atoms in total. The van der Waals surface area contributed by atoms with Gasteiger partial charge in [0.2, 0.25) is 11.6 Å². The summed E-state index contributed by atoms with van der Waals surface area (Å²) in [4.78, 5) is 13.4. The van der Waals surface area contributed by atoms with Gasteiger partial charge in [-0.2, -0.15) is 4.68 Å². The molecule has 3 rings (SSSR count). The maximum atomic E-state index is 12.5.